The van der Waals surface area contributed by atoms with Gasteiger partial charge < -0.3 is 16.2 Å². The van der Waals surface area contributed by atoms with E-state index in [4.69, 9.17) is 16.2 Å². The van der Waals surface area contributed by atoms with Crippen molar-refractivity contribution < 1.29 is 4.74 Å². The number of hydrogen-bond donors (Lipinski definition) is 2. The molecule has 3 heteroatoms. The Morgan fingerprint density at radius 1 is 0.824 bits per heavy atom. The van der Waals surface area contributed by atoms with Crippen molar-refractivity contribution in [2.75, 3.05) is 0 Å². The van der Waals surface area contributed by atoms with Gasteiger partial charge in [0.15, 0.2) is 0 Å². The van der Waals surface area contributed by atoms with Crippen LogP contribution in [-0.4, -0.2) is 11.4 Å². The summed E-state index contributed by atoms with van der Waals surface area (Å²) in [4.78, 5) is 0. The van der Waals surface area contributed by atoms with Crippen molar-refractivity contribution in [2.24, 2.45) is 23.3 Å². The van der Waals surface area contributed by atoms with Gasteiger partial charge in [-0.2, -0.15) is 0 Å². The average Bonchev–Trinajstić information content (AvgIpc) is 2.35. The van der Waals surface area contributed by atoms with E-state index in [0.717, 1.165) is 25.7 Å². The third-order valence-electron chi connectivity index (χ3n) is 4.38. The van der Waals surface area contributed by atoms with Crippen molar-refractivity contribution in [3.8, 4) is 0 Å². The summed E-state index contributed by atoms with van der Waals surface area (Å²) >= 11 is 0. The molecule has 0 aromatic carbocycles. The third-order valence-corrected chi connectivity index (χ3v) is 4.38. The number of rotatable bonds is 8. The van der Waals surface area contributed by atoms with E-state index in [0.29, 0.717) is 11.8 Å². The van der Waals surface area contributed by atoms with Gasteiger partial charge in [-0.3, -0.25) is 0 Å². The van der Waals surface area contributed by atoms with E-state index in [1.54, 1.807) is 0 Å². The Morgan fingerprint density at radius 2 is 1.12 bits per heavy atom. The summed E-state index contributed by atoms with van der Waals surface area (Å²) in [5.41, 5.74) is 11.6. The fourth-order valence-electron chi connectivity index (χ4n) is 2.09. The van der Waals surface area contributed by atoms with Crippen molar-refractivity contribution in [3.05, 3.63) is 0 Å². The molecule has 0 saturated heterocycles. The number of hydrogen-bond acceptors (Lipinski definition) is 3. The van der Waals surface area contributed by atoms with Crippen molar-refractivity contribution in [1.82, 2.24) is 0 Å². The van der Waals surface area contributed by atoms with E-state index in [1.807, 2.05) is 0 Å². The molecule has 104 valence electrons. The standard InChI is InChI=1S/C14H32N2O/c1-7-11(5)13(15,9-3)17-14(16,10-4)12(6)8-2/h11-12H,7-10,15-16H2,1-6H3. The highest BCUT2D eigenvalue weighted by atomic mass is 16.5. The maximum absolute atomic E-state index is 6.40. The van der Waals surface area contributed by atoms with Gasteiger partial charge >= 0.3 is 0 Å². The lowest BCUT2D eigenvalue weighted by molar-refractivity contribution is -0.200. The summed E-state index contributed by atoms with van der Waals surface area (Å²) in [5, 5.41) is 0. The first-order chi connectivity index (χ1) is 7.79. The Morgan fingerprint density at radius 3 is 1.29 bits per heavy atom. The zero-order chi connectivity index (χ0) is 13.7. The molecule has 4 unspecified atom stereocenters. The molecule has 0 bridgehead atoms. The van der Waals surface area contributed by atoms with Crippen LogP contribution in [0.15, 0.2) is 0 Å². The molecule has 0 rings (SSSR count). The first kappa shape index (κ1) is 16.9. The summed E-state index contributed by atoms with van der Waals surface area (Å²) in [6.45, 7) is 12.7. The minimum Gasteiger partial charge on any atom is -0.340 e. The molecule has 0 heterocycles. The van der Waals surface area contributed by atoms with Gasteiger partial charge in [0, 0.05) is 0 Å². The Balaban J connectivity index is 4.96. The molecule has 0 radical (unpaired) electrons. The largest absolute Gasteiger partial charge is 0.340 e. The molecule has 0 aromatic rings. The fourth-order valence-corrected chi connectivity index (χ4v) is 2.09. The van der Waals surface area contributed by atoms with Crippen LogP contribution in [0, 0.1) is 11.8 Å². The molecule has 0 fully saturated rings. The second-order valence-corrected chi connectivity index (χ2v) is 5.34. The Kier molecular flexibility index (Phi) is 6.67. The van der Waals surface area contributed by atoms with Crippen LogP contribution in [0.3, 0.4) is 0 Å². The summed E-state index contributed by atoms with van der Waals surface area (Å²) in [6, 6.07) is 0. The van der Waals surface area contributed by atoms with Gasteiger partial charge in [0.05, 0.1) is 0 Å². The number of nitrogens with two attached hydrogens (primary N) is 2. The Labute approximate surface area is 107 Å². The predicted molar refractivity (Wildman–Crippen MR) is 74.4 cm³/mol. The minimum absolute atomic E-state index is 0.311. The van der Waals surface area contributed by atoms with E-state index in [9.17, 15) is 0 Å². The highest BCUT2D eigenvalue weighted by molar-refractivity contribution is 4.86. The van der Waals surface area contributed by atoms with Crippen molar-refractivity contribution in [1.29, 1.82) is 0 Å². The van der Waals surface area contributed by atoms with Gasteiger partial charge in [0.2, 0.25) is 0 Å². The van der Waals surface area contributed by atoms with Crippen molar-refractivity contribution >= 4 is 0 Å². The van der Waals surface area contributed by atoms with Gasteiger partial charge in [-0.05, 0) is 37.5 Å². The predicted octanol–water partition coefficient (Wildman–Crippen LogP) is 3.23. The van der Waals surface area contributed by atoms with Crippen LogP contribution >= 0.6 is 0 Å². The molecule has 0 aliphatic carbocycles. The molecule has 0 aromatic heterocycles. The fraction of sp³-hybridized carbons (Fsp3) is 1.00. The average molecular weight is 244 g/mol. The summed E-state index contributed by atoms with van der Waals surface area (Å²) in [6.07, 6.45) is 3.59. The summed E-state index contributed by atoms with van der Waals surface area (Å²) in [5.74, 6) is 0.622. The summed E-state index contributed by atoms with van der Waals surface area (Å²) < 4.78 is 6.18. The quantitative estimate of drug-likeness (QED) is 0.644. The number of ether oxygens (including phenoxy) is 1. The normalized spacial score (nSPS) is 22.6. The SMILES string of the molecule is CCC(C)C(N)(CC)OC(N)(CC)C(C)CC. The third kappa shape index (κ3) is 3.94. The van der Waals surface area contributed by atoms with E-state index in [-0.39, 0.29) is 0 Å². The highest BCUT2D eigenvalue weighted by Gasteiger charge is 2.40. The molecule has 0 spiro atoms. The van der Waals surface area contributed by atoms with Crippen LogP contribution in [0.25, 0.3) is 0 Å². The van der Waals surface area contributed by atoms with Crippen LogP contribution in [0.2, 0.25) is 0 Å². The van der Waals surface area contributed by atoms with Crippen LogP contribution < -0.4 is 11.5 Å². The zero-order valence-electron chi connectivity index (χ0n) is 12.5. The van der Waals surface area contributed by atoms with E-state index >= 15 is 0 Å². The monoisotopic (exact) mass is 244 g/mol. The highest BCUT2D eigenvalue weighted by Crippen LogP contribution is 2.32. The van der Waals surface area contributed by atoms with E-state index < -0.39 is 11.4 Å². The van der Waals surface area contributed by atoms with E-state index in [2.05, 4.69) is 41.5 Å². The van der Waals surface area contributed by atoms with Gasteiger partial charge in [-0.1, -0.05) is 41.5 Å². The van der Waals surface area contributed by atoms with Crippen LogP contribution in [0.1, 0.15) is 67.2 Å². The van der Waals surface area contributed by atoms with E-state index in [1.165, 1.54) is 0 Å². The van der Waals surface area contributed by atoms with Gasteiger partial charge in [0.25, 0.3) is 0 Å². The van der Waals surface area contributed by atoms with Crippen LogP contribution in [0.4, 0.5) is 0 Å². The van der Waals surface area contributed by atoms with Gasteiger partial charge in [0.1, 0.15) is 11.4 Å². The van der Waals surface area contributed by atoms with Crippen LogP contribution in [-0.2, 0) is 4.74 Å². The molecule has 0 aliphatic heterocycles. The first-order valence-electron chi connectivity index (χ1n) is 7.07. The van der Waals surface area contributed by atoms with Gasteiger partial charge in [-0.15, -0.1) is 0 Å². The minimum atomic E-state index is -0.608. The molecule has 17 heavy (non-hydrogen) atoms. The Bertz CT molecular complexity index is 200. The molecule has 3 nitrogen and oxygen atoms in total. The maximum Gasteiger partial charge on any atom is 0.121 e. The molecule has 0 amide bonds. The van der Waals surface area contributed by atoms with Crippen molar-refractivity contribution in [2.45, 2.75) is 78.7 Å². The second kappa shape index (κ2) is 6.72. The second-order valence-electron chi connectivity index (χ2n) is 5.34. The maximum atomic E-state index is 6.40. The van der Waals surface area contributed by atoms with Gasteiger partial charge in [-0.25, -0.2) is 0 Å². The molecule has 0 aliphatic rings. The lowest BCUT2D eigenvalue weighted by Crippen LogP contribution is -2.60. The van der Waals surface area contributed by atoms with Crippen molar-refractivity contribution in [3.63, 3.8) is 0 Å². The Hall–Kier alpha value is -0.120. The molecular weight excluding hydrogens is 212 g/mol. The lowest BCUT2D eigenvalue weighted by atomic mass is 9.89. The topological polar surface area (TPSA) is 61.3 Å². The zero-order valence-corrected chi connectivity index (χ0v) is 12.5. The van der Waals surface area contributed by atoms with Crippen LogP contribution in [0.5, 0.6) is 0 Å². The molecule has 4 N–H and O–H groups in total. The molecule has 0 saturated carbocycles. The molecular formula is C14H32N2O. The smallest absolute Gasteiger partial charge is 0.121 e. The molecule has 4 atom stereocenters. The first-order valence-corrected chi connectivity index (χ1v) is 7.07. The summed E-state index contributed by atoms with van der Waals surface area (Å²) in [7, 11) is 0. The lowest BCUT2D eigenvalue weighted by Gasteiger charge is -2.45.